The van der Waals surface area contributed by atoms with Crippen molar-refractivity contribution < 1.29 is 9.32 Å². The summed E-state index contributed by atoms with van der Waals surface area (Å²) in [5, 5.41) is 16.7. The molecule has 30 heavy (non-hydrogen) atoms. The number of carbonyl (C=O) groups excluding carboxylic acids is 1. The van der Waals surface area contributed by atoms with Crippen LogP contribution in [0.2, 0.25) is 0 Å². The molecule has 0 aliphatic carbocycles. The predicted molar refractivity (Wildman–Crippen MR) is 109 cm³/mol. The van der Waals surface area contributed by atoms with Crippen molar-refractivity contribution in [1.29, 1.82) is 0 Å². The number of piperazine rings is 1. The third-order valence-corrected chi connectivity index (χ3v) is 5.05. The van der Waals surface area contributed by atoms with Crippen molar-refractivity contribution in [2.75, 3.05) is 31.1 Å². The molecule has 4 aromatic rings. The summed E-state index contributed by atoms with van der Waals surface area (Å²) >= 11 is 0. The molecular weight excluding hydrogens is 382 g/mol. The van der Waals surface area contributed by atoms with Crippen molar-refractivity contribution in [2.24, 2.45) is 0 Å². The fourth-order valence-corrected chi connectivity index (χ4v) is 3.43. The lowest BCUT2D eigenvalue weighted by Crippen LogP contribution is -2.49. The standard InChI is InChI=1S/C21H19N7O2/c29-21(17-15-18(30-25-17)16-5-2-1-3-6-16)27-13-11-26(12-14-27)19-7-8-20(24-23-19)28-10-4-9-22-28/h1-10,15H,11-14H2. The highest BCUT2D eigenvalue weighted by Gasteiger charge is 2.25. The van der Waals surface area contributed by atoms with E-state index in [4.69, 9.17) is 4.52 Å². The molecule has 0 atom stereocenters. The van der Waals surface area contributed by atoms with Crippen LogP contribution in [0.15, 0.2) is 71.5 Å². The summed E-state index contributed by atoms with van der Waals surface area (Å²) in [6.07, 6.45) is 3.52. The first-order chi connectivity index (χ1) is 14.8. The van der Waals surface area contributed by atoms with Gasteiger partial charge in [-0.25, -0.2) is 4.68 Å². The second-order valence-corrected chi connectivity index (χ2v) is 6.92. The lowest BCUT2D eigenvalue weighted by Gasteiger charge is -2.34. The number of carbonyl (C=O) groups is 1. The van der Waals surface area contributed by atoms with Gasteiger partial charge in [0.2, 0.25) is 0 Å². The van der Waals surface area contributed by atoms with Gasteiger partial charge in [-0.2, -0.15) is 5.10 Å². The van der Waals surface area contributed by atoms with Crippen molar-refractivity contribution in [1.82, 2.24) is 30.0 Å². The predicted octanol–water partition coefficient (Wildman–Crippen LogP) is 2.28. The molecule has 1 aliphatic rings. The molecule has 0 unspecified atom stereocenters. The van der Waals surface area contributed by atoms with Crippen LogP contribution in [0.4, 0.5) is 5.82 Å². The van der Waals surface area contributed by atoms with E-state index in [1.165, 1.54) is 0 Å². The third-order valence-electron chi connectivity index (χ3n) is 5.05. The molecule has 0 radical (unpaired) electrons. The van der Waals surface area contributed by atoms with E-state index in [1.54, 1.807) is 21.8 Å². The lowest BCUT2D eigenvalue weighted by atomic mass is 10.1. The lowest BCUT2D eigenvalue weighted by molar-refractivity contribution is 0.0736. The average Bonchev–Trinajstić information content (AvgIpc) is 3.52. The summed E-state index contributed by atoms with van der Waals surface area (Å²) in [7, 11) is 0. The molecule has 1 amide bonds. The summed E-state index contributed by atoms with van der Waals surface area (Å²) in [6.45, 7) is 2.50. The van der Waals surface area contributed by atoms with E-state index in [2.05, 4.69) is 25.4 Å². The monoisotopic (exact) mass is 401 g/mol. The molecule has 0 N–H and O–H groups in total. The van der Waals surface area contributed by atoms with Crippen molar-refractivity contribution >= 4 is 11.7 Å². The van der Waals surface area contributed by atoms with Crippen LogP contribution in [-0.2, 0) is 0 Å². The van der Waals surface area contributed by atoms with E-state index < -0.39 is 0 Å². The first-order valence-electron chi connectivity index (χ1n) is 9.68. The van der Waals surface area contributed by atoms with Crippen molar-refractivity contribution in [2.45, 2.75) is 0 Å². The second-order valence-electron chi connectivity index (χ2n) is 6.92. The summed E-state index contributed by atoms with van der Waals surface area (Å²) in [5.74, 6) is 1.91. The number of rotatable bonds is 4. The minimum atomic E-state index is -0.124. The third kappa shape index (κ3) is 3.52. The maximum absolute atomic E-state index is 12.8. The Labute approximate surface area is 172 Å². The molecule has 1 aromatic carbocycles. The van der Waals surface area contributed by atoms with Gasteiger partial charge in [0, 0.05) is 50.2 Å². The zero-order valence-corrected chi connectivity index (χ0v) is 16.1. The number of nitrogens with zero attached hydrogens (tertiary/aromatic N) is 7. The van der Waals surface area contributed by atoms with Gasteiger partial charge in [-0.15, -0.1) is 10.2 Å². The van der Waals surface area contributed by atoms with Crippen LogP contribution in [0.1, 0.15) is 10.5 Å². The minimum absolute atomic E-state index is 0.124. The fraction of sp³-hybridized carbons (Fsp3) is 0.190. The number of aromatic nitrogens is 5. The molecule has 3 aromatic heterocycles. The molecule has 1 aliphatic heterocycles. The first-order valence-corrected chi connectivity index (χ1v) is 9.68. The Hall–Kier alpha value is -4.01. The number of hydrogen-bond acceptors (Lipinski definition) is 7. The highest BCUT2D eigenvalue weighted by Crippen LogP contribution is 2.21. The Morgan fingerprint density at radius 3 is 2.37 bits per heavy atom. The van der Waals surface area contributed by atoms with E-state index in [0.29, 0.717) is 43.5 Å². The van der Waals surface area contributed by atoms with Crippen molar-refractivity contribution in [3.63, 3.8) is 0 Å². The van der Waals surface area contributed by atoms with Crippen molar-refractivity contribution in [3.8, 4) is 17.1 Å². The van der Waals surface area contributed by atoms with Gasteiger partial charge in [0.05, 0.1) is 0 Å². The van der Waals surface area contributed by atoms with E-state index >= 15 is 0 Å². The van der Waals surface area contributed by atoms with Gasteiger partial charge < -0.3 is 14.3 Å². The van der Waals surface area contributed by atoms with E-state index in [-0.39, 0.29) is 5.91 Å². The smallest absolute Gasteiger partial charge is 0.276 e. The number of benzene rings is 1. The quantitative estimate of drug-likeness (QED) is 0.518. The van der Waals surface area contributed by atoms with Crippen LogP contribution in [-0.4, -0.2) is 62.1 Å². The summed E-state index contributed by atoms with van der Waals surface area (Å²) in [6, 6.07) is 17.0. The highest BCUT2D eigenvalue weighted by atomic mass is 16.5. The molecule has 9 heteroatoms. The molecule has 1 fully saturated rings. The van der Waals surface area contributed by atoms with Gasteiger partial charge in [-0.3, -0.25) is 4.79 Å². The molecular formula is C21H19N7O2. The summed E-state index contributed by atoms with van der Waals surface area (Å²) < 4.78 is 7.02. The molecule has 4 heterocycles. The van der Waals surface area contributed by atoms with Gasteiger partial charge in [-0.1, -0.05) is 35.5 Å². The molecule has 9 nitrogen and oxygen atoms in total. The normalized spacial score (nSPS) is 14.1. The van der Waals surface area contributed by atoms with Crippen LogP contribution in [0.3, 0.4) is 0 Å². The van der Waals surface area contributed by atoms with Gasteiger partial charge in [0.25, 0.3) is 5.91 Å². The maximum atomic E-state index is 12.8. The second kappa shape index (κ2) is 7.78. The first kappa shape index (κ1) is 18.0. The van der Waals surface area contributed by atoms with E-state index in [9.17, 15) is 4.79 Å². The zero-order chi connectivity index (χ0) is 20.3. The SMILES string of the molecule is O=C(c1cc(-c2ccccc2)on1)N1CCN(c2ccc(-n3cccn3)nn2)CC1. The Balaban J connectivity index is 1.22. The average molecular weight is 401 g/mol. The number of amides is 1. The van der Waals surface area contributed by atoms with Gasteiger partial charge >= 0.3 is 0 Å². The topological polar surface area (TPSA) is 93.2 Å². The Morgan fingerprint density at radius 2 is 1.67 bits per heavy atom. The van der Waals surface area contributed by atoms with Gasteiger partial charge in [0.1, 0.15) is 0 Å². The molecule has 1 saturated heterocycles. The molecule has 0 spiro atoms. The van der Waals surface area contributed by atoms with Crippen molar-refractivity contribution in [3.05, 3.63) is 72.7 Å². The summed E-state index contributed by atoms with van der Waals surface area (Å²) in [5.41, 5.74) is 1.22. The molecule has 0 saturated carbocycles. The maximum Gasteiger partial charge on any atom is 0.276 e. The van der Waals surface area contributed by atoms with Crippen LogP contribution < -0.4 is 4.90 Å². The number of anilines is 1. The molecule has 5 rings (SSSR count). The van der Waals surface area contributed by atoms with Crippen LogP contribution in [0.5, 0.6) is 0 Å². The number of hydrogen-bond donors (Lipinski definition) is 0. The largest absolute Gasteiger partial charge is 0.355 e. The van der Waals surface area contributed by atoms with Gasteiger partial charge in [-0.05, 0) is 18.2 Å². The van der Waals surface area contributed by atoms with Gasteiger partial charge in [0.15, 0.2) is 23.1 Å². The van der Waals surface area contributed by atoms with E-state index in [1.807, 2.05) is 54.7 Å². The molecule has 150 valence electrons. The Kier molecular flexibility index (Phi) is 4.68. The van der Waals surface area contributed by atoms with Crippen LogP contribution >= 0.6 is 0 Å². The van der Waals surface area contributed by atoms with E-state index in [0.717, 1.165) is 11.4 Å². The Morgan fingerprint density at radius 1 is 0.900 bits per heavy atom. The highest BCUT2D eigenvalue weighted by molar-refractivity contribution is 5.93. The van der Waals surface area contributed by atoms with Crippen LogP contribution in [0, 0.1) is 0 Å². The minimum Gasteiger partial charge on any atom is -0.355 e. The Bertz CT molecular complexity index is 1120. The zero-order valence-electron chi connectivity index (χ0n) is 16.1. The summed E-state index contributed by atoms with van der Waals surface area (Å²) in [4.78, 5) is 16.7. The molecule has 0 bridgehead atoms. The van der Waals surface area contributed by atoms with Crippen LogP contribution in [0.25, 0.3) is 17.1 Å². The fourth-order valence-electron chi connectivity index (χ4n) is 3.43.